The molecule has 0 bridgehead atoms. The number of amides is 1. The van der Waals surface area contributed by atoms with E-state index in [0.29, 0.717) is 12.8 Å². The quantitative estimate of drug-likeness (QED) is 0.782. The third-order valence-electron chi connectivity index (χ3n) is 3.76. The second-order valence-corrected chi connectivity index (χ2v) is 5.40. The molecule has 0 aromatic heterocycles. The van der Waals surface area contributed by atoms with Crippen LogP contribution in [-0.4, -0.2) is 34.6 Å². The van der Waals surface area contributed by atoms with Gasteiger partial charge in [-0.1, -0.05) is 37.3 Å². The first-order valence-corrected chi connectivity index (χ1v) is 6.89. The molecule has 0 radical (unpaired) electrons. The van der Waals surface area contributed by atoms with Crippen LogP contribution in [-0.2, 0) is 11.3 Å². The Balaban J connectivity index is 1.79. The Morgan fingerprint density at radius 2 is 1.90 bits per heavy atom. The summed E-state index contributed by atoms with van der Waals surface area (Å²) in [7, 11) is 0. The molecule has 0 saturated heterocycles. The molecule has 0 spiro atoms. The smallest absolute Gasteiger partial charge is 0.407 e. The SMILES string of the molecule is C[C@H]1C[C@@H](O)[C@@H](O)C[C@H]1NC(=O)OCc1ccccc1. The number of rotatable bonds is 3. The molecule has 1 aliphatic rings. The molecule has 0 unspecified atom stereocenters. The van der Waals surface area contributed by atoms with Gasteiger partial charge in [0, 0.05) is 6.04 Å². The molecule has 1 aromatic carbocycles. The molecule has 0 heterocycles. The van der Waals surface area contributed by atoms with Crippen LogP contribution in [0.25, 0.3) is 0 Å². The number of carbonyl (C=O) groups is 1. The zero-order valence-electron chi connectivity index (χ0n) is 11.5. The third-order valence-corrected chi connectivity index (χ3v) is 3.76. The molecular formula is C15H21NO4. The van der Waals surface area contributed by atoms with Crippen molar-refractivity contribution in [3.63, 3.8) is 0 Å². The van der Waals surface area contributed by atoms with Crippen molar-refractivity contribution in [2.75, 3.05) is 0 Å². The highest BCUT2D eigenvalue weighted by Crippen LogP contribution is 2.24. The van der Waals surface area contributed by atoms with E-state index in [4.69, 9.17) is 4.74 Å². The first kappa shape index (κ1) is 14.8. The molecule has 0 aliphatic heterocycles. The van der Waals surface area contributed by atoms with Crippen molar-refractivity contribution in [3.05, 3.63) is 35.9 Å². The first-order valence-electron chi connectivity index (χ1n) is 6.89. The first-order chi connectivity index (χ1) is 9.56. The van der Waals surface area contributed by atoms with E-state index in [9.17, 15) is 15.0 Å². The van der Waals surface area contributed by atoms with Crippen LogP contribution in [0, 0.1) is 5.92 Å². The lowest BCUT2D eigenvalue weighted by Gasteiger charge is -2.35. The summed E-state index contributed by atoms with van der Waals surface area (Å²) in [6, 6.07) is 9.28. The van der Waals surface area contributed by atoms with E-state index in [0.717, 1.165) is 5.56 Å². The highest BCUT2D eigenvalue weighted by atomic mass is 16.5. The van der Waals surface area contributed by atoms with Gasteiger partial charge in [0.05, 0.1) is 12.2 Å². The standard InChI is InChI=1S/C15H21NO4/c1-10-7-13(17)14(18)8-12(10)16-15(19)20-9-11-5-3-2-4-6-11/h2-6,10,12-14,17-18H,7-9H2,1H3,(H,16,19)/t10-,12+,13+,14-/m0/s1. The summed E-state index contributed by atoms with van der Waals surface area (Å²) in [6.07, 6.45) is -1.16. The number of aliphatic hydroxyl groups is 2. The minimum atomic E-state index is -0.786. The number of benzene rings is 1. The van der Waals surface area contributed by atoms with E-state index in [1.807, 2.05) is 37.3 Å². The molecule has 1 aromatic rings. The second-order valence-electron chi connectivity index (χ2n) is 5.40. The predicted molar refractivity (Wildman–Crippen MR) is 74.0 cm³/mol. The predicted octanol–water partition coefficient (Wildman–Crippen LogP) is 1.43. The summed E-state index contributed by atoms with van der Waals surface area (Å²) in [5, 5.41) is 22.0. The Morgan fingerprint density at radius 1 is 1.25 bits per heavy atom. The molecule has 20 heavy (non-hydrogen) atoms. The maximum Gasteiger partial charge on any atom is 0.407 e. The van der Waals surface area contributed by atoms with Gasteiger partial charge in [-0.05, 0) is 24.3 Å². The summed E-state index contributed by atoms with van der Waals surface area (Å²) in [6.45, 7) is 2.16. The minimum absolute atomic E-state index is 0.109. The van der Waals surface area contributed by atoms with Gasteiger partial charge >= 0.3 is 6.09 Å². The average Bonchev–Trinajstić information content (AvgIpc) is 2.44. The fourth-order valence-corrected chi connectivity index (χ4v) is 2.47. The lowest BCUT2D eigenvalue weighted by molar-refractivity contribution is -0.0345. The lowest BCUT2D eigenvalue weighted by atomic mass is 9.82. The van der Waals surface area contributed by atoms with Gasteiger partial charge in [-0.2, -0.15) is 0 Å². The van der Waals surface area contributed by atoms with Crippen molar-refractivity contribution >= 4 is 6.09 Å². The van der Waals surface area contributed by atoms with E-state index in [1.165, 1.54) is 0 Å². The van der Waals surface area contributed by atoms with E-state index >= 15 is 0 Å². The van der Waals surface area contributed by atoms with E-state index in [1.54, 1.807) is 0 Å². The second kappa shape index (κ2) is 6.72. The zero-order valence-corrected chi connectivity index (χ0v) is 11.5. The third kappa shape index (κ3) is 3.95. The van der Waals surface area contributed by atoms with Crippen molar-refractivity contribution in [1.29, 1.82) is 0 Å². The fraction of sp³-hybridized carbons (Fsp3) is 0.533. The van der Waals surface area contributed by atoms with Gasteiger partial charge in [-0.15, -0.1) is 0 Å². The summed E-state index contributed by atoms with van der Waals surface area (Å²) < 4.78 is 5.15. The molecule has 1 amide bonds. The fourth-order valence-electron chi connectivity index (χ4n) is 2.47. The average molecular weight is 279 g/mol. The summed E-state index contributed by atoms with van der Waals surface area (Å²) >= 11 is 0. The lowest BCUT2D eigenvalue weighted by Crippen LogP contribution is -2.49. The maximum absolute atomic E-state index is 11.7. The normalized spacial score (nSPS) is 29.8. The topological polar surface area (TPSA) is 78.8 Å². The van der Waals surface area contributed by atoms with Crippen molar-refractivity contribution in [3.8, 4) is 0 Å². The molecule has 5 heteroatoms. The van der Waals surface area contributed by atoms with Crippen molar-refractivity contribution in [2.45, 2.75) is 44.6 Å². The van der Waals surface area contributed by atoms with E-state index in [-0.39, 0.29) is 18.6 Å². The van der Waals surface area contributed by atoms with E-state index in [2.05, 4.69) is 5.32 Å². The molecule has 1 saturated carbocycles. The van der Waals surface area contributed by atoms with Gasteiger partial charge in [0.1, 0.15) is 6.61 Å². The molecule has 1 aliphatic carbocycles. The number of ether oxygens (including phenoxy) is 1. The minimum Gasteiger partial charge on any atom is -0.445 e. The summed E-state index contributed by atoms with van der Waals surface area (Å²) in [5.41, 5.74) is 0.926. The van der Waals surface area contributed by atoms with Crippen LogP contribution in [0.5, 0.6) is 0 Å². The Labute approximate surface area is 118 Å². The Hall–Kier alpha value is -1.59. The van der Waals surface area contributed by atoms with Crippen LogP contribution in [0.4, 0.5) is 4.79 Å². The maximum atomic E-state index is 11.7. The van der Waals surface area contributed by atoms with Gasteiger partial charge < -0.3 is 20.3 Å². The highest BCUT2D eigenvalue weighted by Gasteiger charge is 2.33. The van der Waals surface area contributed by atoms with Gasteiger partial charge in [0.2, 0.25) is 0 Å². The molecule has 2 rings (SSSR count). The van der Waals surface area contributed by atoms with Gasteiger partial charge in [-0.25, -0.2) is 4.79 Å². The number of alkyl carbamates (subject to hydrolysis) is 1. The number of hydrogen-bond acceptors (Lipinski definition) is 4. The highest BCUT2D eigenvalue weighted by molar-refractivity contribution is 5.67. The van der Waals surface area contributed by atoms with E-state index < -0.39 is 18.3 Å². The molecule has 5 nitrogen and oxygen atoms in total. The van der Waals surface area contributed by atoms with Crippen LogP contribution in [0.2, 0.25) is 0 Å². The van der Waals surface area contributed by atoms with Crippen LogP contribution >= 0.6 is 0 Å². The number of hydrogen-bond donors (Lipinski definition) is 3. The Morgan fingerprint density at radius 3 is 2.60 bits per heavy atom. The summed E-state index contributed by atoms with van der Waals surface area (Å²) in [5.74, 6) is 0.109. The van der Waals surface area contributed by atoms with Crippen molar-refractivity contribution < 1.29 is 19.7 Å². The molecule has 1 fully saturated rings. The summed E-state index contributed by atoms with van der Waals surface area (Å²) in [4.78, 5) is 11.7. The largest absolute Gasteiger partial charge is 0.445 e. The Kier molecular flexibility index (Phi) is 4.98. The molecule has 3 N–H and O–H groups in total. The monoisotopic (exact) mass is 279 g/mol. The van der Waals surface area contributed by atoms with Crippen LogP contribution in [0.1, 0.15) is 25.3 Å². The number of aliphatic hydroxyl groups excluding tert-OH is 2. The van der Waals surface area contributed by atoms with Crippen LogP contribution in [0.15, 0.2) is 30.3 Å². The van der Waals surface area contributed by atoms with Crippen molar-refractivity contribution in [1.82, 2.24) is 5.32 Å². The van der Waals surface area contributed by atoms with Gasteiger partial charge in [0.25, 0.3) is 0 Å². The molecule has 4 atom stereocenters. The van der Waals surface area contributed by atoms with Gasteiger partial charge in [0.15, 0.2) is 0 Å². The number of nitrogens with one attached hydrogen (secondary N) is 1. The van der Waals surface area contributed by atoms with Crippen LogP contribution < -0.4 is 5.32 Å². The van der Waals surface area contributed by atoms with Crippen LogP contribution in [0.3, 0.4) is 0 Å². The van der Waals surface area contributed by atoms with Crippen molar-refractivity contribution in [2.24, 2.45) is 5.92 Å². The zero-order chi connectivity index (χ0) is 14.5. The molecular weight excluding hydrogens is 258 g/mol. The number of carbonyl (C=O) groups excluding carboxylic acids is 1. The Bertz CT molecular complexity index is 437. The molecule has 110 valence electrons. The van der Waals surface area contributed by atoms with Gasteiger partial charge in [-0.3, -0.25) is 0 Å².